The van der Waals surface area contributed by atoms with Crippen molar-refractivity contribution in [3.05, 3.63) is 27.6 Å². The van der Waals surface area contributed by atoms with Crippen molar-refractivity contribution in [2.75, 3.05) is 6.61 Å². The first-order chi connectivity index (χ1) is 5.36. The van der Waals surface area contributed by atoms with Crippen LogP contribution in [0, 0.1) is 3.57 Å². The number of rotatable bonds is 0. The van der Waals surface area contributed by atoms with Crippen LogP contribution < -0.4 is 4.74 Å². The summed E-state index contributed by atoms with van der Waals surface area (Å²) in [6.07, 6.45) is 5.77. The number of nitrogens with zero attached hydrogens (tertiary/aromatic N) is 1. The molecule has 1 aromatic rings. The van der Waals surface area contributed by atoms with Crippen LogP contribution in [0.1, 0.15) is 5.69 Å². The molecule has 11 heavy (non-hydrogen) atoms. The summed E-state index contributed by atoms with van der Waals surface area (Å²) in [6, 6.07) is 1.99. The van der Waals surface area contributed by atoms with Crippen LogP contribution in [0.3, 0.4) is 0 Å². The normalized spacial score (nSPS) is 13.9. The van der Waals surface area contributed by atoms with Gasteiger partial charge in [-0.05, 0) is 40.8 Å². The molecule has 0 N–H and O–H groups in total. The van der Waals surface area contributed by atoms with Crippen molar-refractivity contribution in [1.82, 2.24) is 4.98 Å². The first-order valence-corrected chi connectivity index (χ1v) is 4.39. The number of ether oxygens (including phenoxy) is 1. The summed E-state index contributed by atoms with van der Waals surface area (Å²) in [5.74, 6) is 0.888. The van der Waals surface area contributed by atoms with Gasteiger partial charge >= 0.3 is 0 Å². The Morgan fingerprint density at radius 2 is 2.45 bits per heavy atom. The van der Waals surface area contributed by atoms with E-state index in [2.05, 4.69) is 27.6 Å². The maximum absolute atomic E-state index is 5.35. The largest absolute Gasteiger partial charge is 0.487 e. The van der Waals surface area contributed by atoms with Crippen LogP contribution >= 0.6 is 22.6 Å². The van der Waals surface area contributed by atoms with Crippen molar-refractivity contribution in [2.24, 2.45) is 0 Å². The monoisotopic (exact) mass is 259 g/mol. The summed E-state index contributed by atoms with van der Waals surface area (Å²) in [5, 5.41) is 0. The lowest BCUT2D eigenvalue weighted by molar-refractivity contribution is 0.356. The first-order valence-electron chi connectivity index (χ1n) is 3.31. The van der Waals surface area contributed by atoms with Gasteiger partial charge in [0.2, 0.25) is 0 Å². The zero-order valence-electron chi connectivity index (χ0n) is 5.75. The van der Waals surface area contributed by atoms with E-state index in [-0.39, 0.29) is 0 Å². The zero-order valence-corrected chi connectivity index (χ0v) is 7.91. The molecule has 2 heterocycles. The smallest absolute Gasteiger partial charge is 0.146 e. The third kappa shape index (κ3) is 1.38. The van der Waals surface area contributed by atoms with Gasteiger partial charge in [0, 0.05) is 9.77 Å². The minimum Gasteiger partial charge on any atom is -0.487 e. The molecule has 0 bridgehead atoms. The number of hydrogen-bond donors (Lipinski definition) is 0. The van der Waals surface area contributed by atoms with Gasteiger partial charge in [-0.2, -0.15) is 0 Å². The lowest BCUT2D eigenvalue weighted by atomic mass is 10.3. The predicted octanol–water partition coefficient (Wildman–Crippen LogP) is 2.09. The Kier molecular flexibility index (Phi) is 1.81. The average Bonchev–Trinajstić information content (AvgIpc) is 2.04. The first kappa shape index (κ1) is 7.09. The van der Waals surface area contributed by atoms with Gasteiger partial charge in [0.1, 0.15) is 18.1 Å². The highest BCUT2D eigenvalue weighted by Crippen LogP contribution is 2.22. The van der Waals surface area contributed by atoms with Crippen LogP contribution in [0.5, 0.6) is 5.75 Å². The highest BCUT2D eigenvalue weighted by molar-refractivity contribution is 14.1. The number of hydrogen-bond acceptors (Lipinski definition) is 2. The van der Waals surface area contributed by atoms with E-state index in [1.54, 1.807) is 0 Å². The van der Waals surface area contributed by atoms with Gasteiger partial charge in [0.15, 0.2) is 0 Å². The second kappa shape index (κ2) is 2.81. The van der Waals surface area contributed by atoms with Crippen molar-refractivity contribution in [2.45, 2.75) is 0 Å². The summed E-state index contributed by atoms with van der Waals surface area (Å²) >= 11 is 2.22. The van der Waals surface area contributed by atoms with Gasteiger partial charge < -0.3 is 4.74 Å². The number of fused-ring (bicyclic) bond motifs is 1. The SMILES string of the molecule is Ic1cnc2c(c1)OCC=C2. The molecule has 0 saturated carbocycles. The Hall–Kier alpha value is -0.580. The molecule has 2 rings (SSSR count). The fraction of sp³-hybridized carbons (Fsp3) is 0.125. The van der Waals surface area contributed by atoms with Crippen molar-refractivity contribution in [3.63, 3.8) is 0 Å². The minimum absolute atomic E-state index is 0.661. The van der Waals surface area contributed by atoms with Crippen LogP contribution in [-0.4, -0.2) is 11.6 Å². The Bertz CT molecular complexity index is 309. The topological polar surface area (TPSA) is 22.1 Å². The molecule has 56 valence electrons. The quantitative estimate of drug-likeness (QED) is 0.665. The van der Waals surface area contributed by atoms with Crippen LogP contribution in [0.25, 0.3) is 6.08 Å². The third-order valence-corrected chi connectivity index (χ3v) is 2.05. The molecule has 0 saturated heterocycles. The molecular formula is C8H6INO. The summed E-state index contributed by atoms with van der Waals surface area (Å²) in [4.78, 5) is 4.20. The lowest BCUT2D eigenvalue weighted by Gasteiger charge is -2.10. The zero-order chi connectivity index (χ0) is 7.68. The van der Waals surface area contributed by atoms with E-state index in [0.717, 1.165) is 15.0 Å². The summed E-state index contributed by atoms with van der Waals surface area (Å²) in [7, 11) is 0. The van der Waals surface area contributed by atoms with Gasteiger partial charge in [0.25, 0.3) is 0 Å². The maximum atomic E-state index is 5.35. The molecule has 1 aromatic heterocycles. The molecule has 1 aliphatic heterocycles. The number of pyridine rings is 1. The standard InChI is InChI=1S/C8H6INO/c9-6-4-8-7(10-5-6)2-1-3-11-8/h1-2,4-5H,3H2. The van der Waals surface area contributed by atoms with E-state index in [9.17, 15) is 0 Å². The van der Waals surface area contributed by atoms with Crippen molar-refractivity contribution >= 4 is 28.7 Å². The summed E-state index contributed by atoms with van der Waals surface area (Å²) in [6.45, 7) is 0.661. The molecule has 0 radical (unpaired) electrons. The molecule has 3 heteroatoms. The van der Waals surface area contributed by atoms with E-state index in [4.69, 9.17) is 4.74 Å². The lowest BCUT2D eigenvalue weighted by Crippen LogP contribution is -2.01. The second-order valence-corrected chi connectivity index (χ2v) is 3.50. The van der Waals surface area contributed by atoms with Gasteiger partial charge in [-0.1, -0.05) is 0 Å². The van der Waals surface area contributed by atoms with E-state index in [1.807, 2.05) is 24.4 Å². The van der Waals surface area contributed by atoms with E-state index in [0.29, 0.717) is 6.61 Å². The average molecular weight is 259 g/mol. The van der Waals surface area contributed by atoms with Gasteiger partial charge in [-0.15, -0.1) is 0 Å². The van der Waals surface area contributed by atoms with E-state index < -0.39 is 0 Å². The molecule has 2 nitrogen and oxygen atoms in total. The predicted molar refractivity (Wildman–Crippen MR) is 51.5 cm³/mol. The highest BCUT2D eigenvalue weighted by atomic mass is 127. The van der Waals surface area contributed by atoms with Gasteiger partial charge in [-0.25, -0.2) is 0 Å². The van der Waals surface area contributed by atoms with Crippen molar-refractivity contribution in [1.29, 1.82) is 0 Å². The molecule has 0 fully saturated rings. The molecule has 0 spiro atoms. The Morgan fingerprint density at radius 3 is 3.36 bits per heavy atom. The molecule has 1 aliphatic rings. The van der Waals surface area contributed by atoms with E-state index in [1.165, 1.54) is 0 Å². The Morgan fingerprint density at radius 1 is 1.55 bits per heavy atom. The van der Waals surface area contributed by atoms with Crippen LogP contribution in [-0.2, 0) is 0 Å². The van der Waals surface area contributed by atoms with Crippen molar-refractivity contribution in [3.8, 4) is 5.75 Å². The molecule has 0 amide bonds. The van der Waals surface area contributed by atoms with Crippen LogP contribution in [0.4, 0.5) is 0 Å². The number of halogens is 1. The Balaban J connectivity index is 2.53. The molecule has 0 atom stereocenters. The van der Waals surface area contributed by atoms with Gasteiger partial charge in [-0.3, -0.25) is 4.98 Å². The van der Waals surface area contributed by atoms with Crippen LogP contribution in [0.15, 0.2) is 18.3 Å². The minimum atomic E-state index is 0.661. The second-order valence-electron chi connectivity index (χ2n) is 2.25. The molecular weight excluding hydrogens is 253 g/mol. The number of aromatic nitrogens is 1. The molecule has 0 aliphatic carbocycles. The van der Waals surface area contributed by atoms with Gasteiger partial charge in [0.05, 0.1) is 0 Å². The molecule has 0 unspecified atom stereocenters. The van der Waals surface area contributed by atoms with Crippen molar-refractivity contribution < 1.29 is 4.74 Å². The van der Waals surface area contributed by atoms with Crippen LogP contribution in [0.2, 0.25) is 0 Å². The molecule has 0 aromatic carbocycles. The highest BCUT2D eigenvalue weighted by Gasteiger charge is 2.05. The third-order valence-electron chi connectivity index (χ3n) is 1.46. The fourth-order valence-corrected chi connectivity index (χ4v) is 1.39. The summed E-state index contributed by atoms with van der Waals surface area (Å²) in [5.41, 5.74) is 0.927. The van der Waals surface area contributed by atoms with E-state index >= 15 is 0 Å². The fourth-order valence-electron chi connectivity index (χ4n) is 0.970. The summed E-state index contributed by atoms with van der Waals surface area (Å²) < 4.78 is 6.46. The Labute approximate surface area is 78.4 Å². The maximum Gasteiger partial charge on any atom is 0.146 e.